The van der Waals surface area contributed by atoms with Gasteiger partial charge in [0, 0.05) is 13.1 Å². The van der Waals surface area contributed by atoms with Crippen molar-refractivity contribution in [3.63, 3.8) is 0 Å². The van der Waals surface area contributed by atoms with E-state index in [9.17, 15) is 9.59 Å². The van der Waals surface area contributed by atoms with Crippen LogP contribution < -0.4 is 5.73 Å². The Labute approximate surface area is 134 Å². The molecule has 0 unspecified atom stereocenters. The molecule has 1 aromatic heterocycles. The molecule has 2 rings (SSSR count). The second-order valence-corrected chi connectivity index (χ2v) is 4.98. The molecule has 0 radical (unpaired) electrons. The summed E-state index contributed by atoms with van der Waals surface area (Å²) in [4.78, 5) is 25.8. The lowest BCUT2D eigenvalue weighted by Crippen LogP contribution is -2.34. The smallest absolute Gasteiger partial charge is 0.346 e. The van der Waals surface area contributed by atoms with Crippen molar-refractivity contribution >= 4 is 17.8 Å². The molecule has 0 aliphatic carbocycles. The molecule has 7 nitrogen and oxygen atoms in total. The van der Waals surface area contributed by atoms with E-state index in [4.69, 9.17) is 15.0 Å². The number of nitrogen functional groups attached to an aromatic ring is 1. The van der Waals surface area contributed by atoms with E-state index in [1.165, 1.54) is 0 Å². The molecule has 2 aromatic rings. The highest BCUT2D eigenvalue weighted by Gasteiger charge is 2.22. The van der Waals surface area contributed by atoms with Crippen LogP contribution in [0.25, 0.3) is 0 Å². The summed E-state index contributed by atoms with van der Waals surface area (Å²) in [6, 6.07) is 9.59. The third kappa shape index (κ3) is 4.09. The number of amides is 1. The average Bonchev–Trinajstić information content (AvgIpc) is 2.89. The molecule has 0 saturated carbocycles. The van der Waals surface area contributed by atoms with Crippen LogP contribution in [0, 0.1) is 6.92 Å². The number of rotatable bonds is 6. The fourth-order valence-corrected chi connectivity index (χ4v) is 2.11. The number of aromatic nitrogens is 1. The summed E-state index contributed by atoms with van der Waals surface area (Å²) >= 11 is 0. The van der Waals surface area contributed by atoms with Gasteiger partial charge >= 0.3 is 5.97 Å². The molecular formula is C16H19N3O4. The van der Waals surface area contributed by atoms with Crippen LogP contribution in [0.2, 0.25) is 0 Å². The normalized spacial score (nSPS) is 10.3. The van der Waals surface area contributed by atoms with Gasteiger partial charge in [0.05, 0.1) is 5.69 Å². The van der Waals surface area contributed by atoms with Gasteiger partial charge in [0.1, 0.15) is 5.56 Å². The van der Waals surface area contributed by atoms with Gasteiger partial charge in [-0.25, -0.2) is 4.79 Å². The van der Waals surface area contributed by atoms with E-state index in [1.54, 1.807) is 11.8 Å². The van der Waals surface area contributed by atoms with Crippen molar-refractivity contribution in [2.75, 3.05) is 18.9 Å². The third-order valence-electron chi connectivity index (χ3n) is 3.37. The van der Waals surface area contributed by atoms with Crippen LogP contribution in [0.5, 0.6) is 0 Å². The summed E-state index contributed by atoms with van der Waals surface area (Å²) in [5, 5.41) is 3.58. The molecule has 0 atom stereocenters. The summed E-state index contributed by atoms with van der Waals surface area (Å²) in [5.74, 6) is -1.11. The molecule has 1 aromatic carbocycles. The predicted octanol–water partition coefficient (Wildman–Crippen LogP) is 1.77. The number of benzene rings is 1. The number of nitrogens with zero attached hydrogens (tertiary/aromatic N) is 2. The molecule has 7 heteroatoms. The van der Waals surface area contributed by atoms with E-state index in [0.717, 1.165) is 5.56 Å². The monoisotopic (exact) mass is 317 g/mol. The van der Waals surface area contributed by atoms with Crippen molar-refractivity contribution < 1.29 is 18.8 Å². The van der Waals surface area contributed by atoms with Crippen molar-refractivity contribution in [1.82, 2.24) is 10.1 Å². The van der Waals surface area contributed by atoms with Crippen molar-refractivity contribution in [3.05, 3.63) is 47.2 Å². The van der Waals surface area contributed by atoms with Crippen molar-refractivity contribution in [3.8, 4) is 0 Å². The Bertz CT molecular complexity index is 662. The van der Waals surface area contributed by atoms with Crippen LogP contribution in [0.15, 0.2) is 34.9 Å². The van der Waals surface area contributed by atoms with Crippen LogP contribution in [-0.4, -0.2) is 35.1 Å². The van der Waals surface area contributed by atoms with Gasteiger partial charge in [0.2, 0.25) is 5.88 Å². The van der Waals surface area contributed by atoms with Gasteiger partial charge in [0.15, 0.2) is 6.61 Å². The highest BCUT2D eigenvalue weighted by atomic mass is 16.5. The number of hydrogen-bond acceptors (Lipinski definition) is 6. The summed E-state index contributed by atoms with van der Waals surface area (Å²) < 4.78 is 9.72. The quantitative estimate of drug-likeness (QED) is 0.815. The van der Waals surface area contributed by atoms with Crippen LogP contribution >= 0.6 is 0 Å². The van der Waals surface area contributed by atoms with Gasteiger partial charge in [-0.3, -0.25) is 4.79 Å². The van der Waals surface area contributed by atoms with Crippen molar-refractivity contribution in [2.45, 2.75) is 20.4 Å². The number of anilines is 1. The maximum absolute atomic E-state index is 12.2. The van der Waals surface area contributed by atoms with Gasteiger partial charge in [0.25, 0.3) is 5.91 Å². The van der Waals surface area contributed by atoms with Gasteiger partial charge < -0.3 is 19.9 Å². The van der Waals surface area contributed by atoms with E-state index >= 15 is 0 Å². The Morgan fingerprint density at radius 2 is 2.00 bits per heavy atom. The molecular weight excluding hydrogens is 298 g/mol. The molecule has 0 spiro atoms. The van der Waals surface area contributed by atoms with Crippen LogP contribution in [0.4, 0.5) is 5.88 Å². The first-order valence-electron chi connectivity index (χ1n) is 7.23. The standard InChI is InChI=1S/C16H19N3O4/c1-3-19(9-12-7-5-4-6-8-12)13(20)10-22-16(21)14-11(2)18-23-15(14)17/h4-8H,3,9-10,17H2,1-2H3. The zero-order valence-corrected chi connectivity index (χ0v) is 13.1. The Kier molecular flexibility index (Phi) is 5.35. The highest BCUT2D eigenvalue weighted by Crippen LogP contribution is 2.16. The summed E-state index contributed by atoms with van der Waals surface area (Å²) in [5.41, 5.74) is 6.91. The van der Waals surface area contributed by atoms with Crippen LogP contribution in [-0.2, 0) is 16.1 Å². The lowest BCUT2D eigenvalue weighted by atomic mass is 10.2. The number of nitrogens with two attached hydrogens (primary N) is 1. The summed E-state index contributed by atoms with van der Waals surface area (Å²) in [7, 11) is 0. The fraction of sp³-hybridized carbons (Fsp3) is 0.312. The number of aryl methyl sites for hydroxylation is 1. The van der Waals surface area contributed by atoms with Crippen molar-refractivity contribution in [1.29, 1.82) is 0 Å². The molecule has 122 valence electrons. The minimum absolute atomic E-state index is 0.0592. The van der Waals surface area contributed by atoms with E-state index in [1.807, 2.05) is 37.3 Å². The van der Waals surface area contributed by atoms with Gasteiger partial charge in [-0.05, 0) is 19.4 Å². The fourth-order valence-electron chi connectivity index (χ4n) is 2.11. The van der Waals surface area contributed by atoms with Crippen molar-refractivity contribution in [2.24, 2.45) is 0 Å². The Hall–Kier alpha value is -2.83. The molecule has 0 fully saturated rings. The minimum atomic E-state index is -0.717. The average molecular weight is 317 g/mol. The number of hydrogen-bond donors (Lipinski definition) is 1. The molecule has 1 heterocycles. The summed E-state index contributed by atoms with van der Waals surface area (Å²) in [6.07, 6.45) is 0. The van der Waals surface area contributed by atoms with Gasteiger partial charge in [-0.15, -0.1) is 0 Å². The van der Waals surface area contributed by atoms with Crippen LogP contribution in [0.3, 0.4) is 0 Å². The second kappa shape index (κ2) is 7.44. The van der Waals surface area contributed by atoms with E-state index in [0.29, 0.717) is 18.8 Å². The highest BCUT2D eigenvalue weighted by molar-refractivity contribution is 5.96. The molecule has 23 heavy (non-hydrogen) atoms. The molecule has 1 amide bonds. The minimum Gasteiger partial charge on any atom is -0.452 e. The first-order valence-corrected chi connectivity index (χ1v) is 7.23. The Morgan fingerprint density at radius 1 is 1.30 bits per heavy atom. The molecule has 0 bridgehead atoms. The van der Waals surface area contributed by atoms with Gasteiger partial charge in [-0.2, -0.15) is 0 Å². The molecule has 2 N–H and O–H groups in total. The second-order valence-electron chi connectivity index (χ2n) is 4.98. The number of carbonyl (C=O) groups excluding carboxylic acids is 2. The maximum atomic E-state index is 12.2. The van der Waals surface area contributed by atoms with E-state index in [-0.39, 0.29) is 24.0 Å². The number of ether oxygens (including phenoxy) is 1. The summed E-state index contributed by atoms with van der Waals surface area (Å²) in [6.45, 7) is 4.06. The number of carbonyl (C=O) groups is 2. The topological polar surface area (TPSA) is 98.7 Å². The van der Waals surface area contributed by atoms with Crippen LogP contribution in [0.1, 0.15) is 28.5 Å². The first-order chi connectivity index (χ1) is 11.0. The SMILES string of the molecule is CCN(Cc1ccccc1)C(=O)COC(=O)c1c(C)noc1N. The Balaban J connectivity index is 1.94. The van der Waals surface area contributed by atoms with E-state index in [2.05, 4.69) is 5.16 Å². The number of esters is 1. The lowest BCUT2D eigenvalue weighted by molar-refractivity contribution is -0.134. The lowest BCUT2D eigenvalue weighted by Gasteiger charge is -2.20. The van der Waals surface area contributed by atoms with Gasteiger partial charge in [-0.1, -0.05) is 35.5 Å². The first kappa shape index (κ1) is 16.5. The number of likely N-dealkylation sites (N-methyl/N-ethyl adjacent to an activating group) is 1. The molecule has 0 aliphatic rings. The zero-order valence-electron chi connectivity index (χ0n) is 13.1. The zero-order chi connectivity index (χ0) is 16.8. The predicted molar refractivity (Wildman–Crippen MR) is 83.5 cm³/mol. The maximum Gasteiger partial charge on any atom is 0.346 e. The third-order valence-corrected chi connectivity index (χ3v) is 3.37. The molecule has 0 saturated heterocycles. The Morgan fingerprint density at radius 3 is 2.57 bits per heavy atom. The largest absolute Gasteiger partial charge is 0.452 e. The van der Waals surface area contributed by atoms with E-state index < -0.39 is 5.97 Å². The molecule has 0 aliphatic heterocycles.